The number of amides is 3. The number of carbonyl (C=O) groups is 3. The highest BCUT2D eigenvalue weighted by Crippen LogP contribution is 2.31. The van der Waals surface area contributed by atoms with E-state index >= 15 is 0 Å². The van der Waals surface area contributed by atoms with Crippen molar-refractivity contribution in [3.63, 3.8) is 0 Å². The summed E-state index contributed by atoms with van der Waals surface area (Å²) in [5.74, 6) is -2.36. The van der Waals surface area contributed by atoms with Crippen LogP contribution in [0.3, 0.4) is 0 Å². The Labute approximate surface area is 235 Å². The van der Waals surface area contributed by atoms with E-state index in [9.17, 15) is 18.8 Å². The Bertz CT molecular complexity index is 1490. The summed E-state index contributed by atoms with van der Waals surface area (Å²) in [4.78, 5) is 42.9. The molecule has 0 radical (unpaired) electrons. The van der Waals surface area contributed by atoms with Crippen molar-refractivity contribution in [3.05, 3.63) is 112 Å². The van der Waals surface area contributed by atoms with Crippen LogP contribution in [-0.2, 0) is 17.9 Å². The molecule has 9 nitrogen and oxygen atoms in total. The molecule has 40 heavy (non-hydrogen) atoms. The number of nitrogens with zero attached hydrogens (tertiary/aromatic N) is 3. The average Bonchev–Trinajstić information content (AvgIpc) is 3.34. The number of nitrogen functional groups attached to an aromatic ring is 1. The zero-order valence-corrected chi connectivity index (χ0v) is 22.8. The fourth-order valence-electron chi connectivity index (χ4n) is 4.14. The smallest absolute Gasteiger partial charge is 0.270 e. The van der Waals surface area contributed by atoms with E-state index in [1.807, 2.05) is 61.5 Å². The molecule has 3 amide bonds. The Morgan fingerprint density at radius 3 is 2.17 bits per heavy atom. The lowest BCUT2D eigenvalue weighted by atomic mass is 10.0. The van der Waals surface area contributed by atoms with Gasteiger partial charge < -0.3 is 26.6 Å². The van der Waals surface area contributed by atoms with Gasteiger partial charge >= 0.3 is 0 Å². The summed E-state index contributed by atoms with van der Waals surface area (Å²) in [7, 11) is 3.79. The largest absolute Gasteiger partial charge is 0.395 e. The van der Waals surface area contributed by atoms with E-state index in [0.717, 1.165) is 22.8 Å². The van der Waals surface area contributed by atoms with E-state index in [-0.39, 0.29) is 29.3 Å². The van der Waals surface area contributed by atoms with Gasteiger partial charge in [-0.1, -0.05) is 54.6 Å². The number of carbonyl (C=O) groups excluding carboxylic acids is 3. The quantitative estimate of drug-likeness (QED) is 0.271. The first-order valence-corrected chi connectivity index (χ1v) is 13.1. The van der Waals surface area contributed by atoms with Gasteiger partial charge in [-0.15, -0.1) is 0 Å². The van der Waals surface area contributed by atoms with E-state index < -0.39 is 29.6 Å². The normalized spacial score (nSPS) is 11.5. The van der Waals surface area contributed by atoms with Crippen LogP contribution in [0.25, 0.3) is 0 Å². The number of primary amides is 1. The van der Waals surface area contributed by atoms with E-state index in [0.29, 0.717) is 11.1 Å². The number of rotatable bonds is 10. The lowest BCUT2D eigenvalue weighted by molar-refractivity contribution is -0.126. The van der Waals surface area contributed by atoms with Gasteiger partial charge in [-0.2, -0.15) is 4.37 Å². The molecule has 1 aromatic heterocycles. The molecule has 0 bridgehead atoms. The number of nitrogens with two attached hydrogens (primary N) is 2. The summed E-state index contributed by atoms with van der Waals surface area (Å²) < 4.78 is 17.6. The summed E-state index contributed by atoms with van der Waals surface area (Å²) in [6, 6.07) is 21.1. The summed E-state index contributed by atoms with van der Waals surface area (Å²) in [6.45, 7) is 0.181. The van der Waals surface area contributed by atoms with Crippen LogP contribution in [0.15, 0.2) is 78.9 Å². The minimum Gasteiger partial charge on any atom is -0.395 e. The van der Waals surface area contributed by atoms with Crippen LogP contribution in [0.4, 0.5) is 15.8 Å². The van der Waals surface area contributed by atoms with Crippen molar-refractivity contribution >= 4 is 40.6 Å². The molecule has 0 unspecified atom stereocenters. The standard InChI is InChI=1S/C29H29FN6O3S/c1-35(2)22-14-10-20(11-15-22)25(28(38)33-16-18-6-4-3-5-7-18)36(17-19-8-12-21(30)13-9-19)29(39)26-23(31)24(27(32)37)34-40-26/h3-15,25H,16-17,31H2,1-2H3,(H2,32,37)(H,33,38)/t25-/m0/s1. The molecule has 0 saturated heterocycles. The molecule has 0 aliphatic heterocycles. The van der Waals surface area contributed by atoms with Crippen molar-refractivity contribution in [1.82, 2.24) is 14.6 Å². The van der Waals surface area contributed by atoms with Crippen LogP contribution >= 0.6 is 11.5 Å². The highest BCUT2D eigenvalue weighted by molar-refractivity contribution is 7.09. The number of anilines is 2. The predicted octanol–water partition coefficient (Wildman–Crippen LogP) is 3.73. The molecular weight excluding hydrogens is 531 g/mol. The van der Waals surface area contributed by atoms with E-state index in [1.165, 1.54) is 29.2 Å². The minimum atomic E-state index is -1.10. The van der Waals surface area contributed by atoms with Crippen molar-refractivity contribution < 1.29 is 18.8 Å². The molecule has 0 aliphatic rings. The van der Waals surface area contributed by atoms with Gasteiger partial charge in [0.05, 0.1) is 5.69 Å². The van der Waals surface area contributed by atoms with Crippen LogP contribution in [0.1, 0.15) is 42.9 Å². The molecule has 4 rings (SSSR count). The lowest BCUT2D eigenvalue weighted by Gasteiger charge is -2.31. The number of halogens is 1. The Kier molecular flexibility index (Phi) is 8.75. The molecule has 0 aliphatic carbocycles. The molecule has 0 spiro atoms. The van der Waals surface area contributed by atoms with Crippen LogP contribution in [-0.4, -0.2) is 41.1 Å². The van der Waals surface area contributed by atoms with Crippen LogP contribution in [0, 0.1) is 5.82 Å². The predicted molar refractivity (Wildman–Crippen MR) is 153 cm³/mol. The van der Waals surface area contributed by atoms with Gasteiger partial charge in [-0.05, 0) is 52.5 Å². The van der Waals surface area contributed by atoms with Gasteiger partial charge in [0.15, 0.2) is 5.69 Å². The number of hydrogen-bond acceptors (Lipinski definition) is 7. The molecule has 3 aromatic carbocycles. The van der Waals surface area contributed by atoms with Gasteiger partial charge in [0.2, 0.25) is 5.91 Å². The van der Waals surface area contributed by atoms with E-state index in [4.69, 9.17) is 11.5 Å². The van der Waals surface area contributed by atoms with E-state index in [2.05, 4.69) is 9.69 Å². The van der Waals surface area contributed by atoms with Gasteiger partial charge in [-0.25, -0.2) is 4.39 Å². The number of nitrogens with one attached hydrogen (secondary N) is 1. The first kappa shape index (κ1) is 28.2. The second kappa shape index (κ2) is 12.4. The summed E-state index contributed by atoms with van der Waals surface area (Å²) in [6.07, 6.45) is 0. The van der Waals surface area contributed by atoms with Crippen molar-refractivity contribution in [2.24, 2.45) is 5.73 Å². The van der Waals surface area contributed by atoms with Gasteiger partial charge in [0.25, 0.3) is 11.8 Å². The van der Waals surface area contributed by atoms with E-state index in [1.54, 1.807) is 12.1 Å². The van der Waals surface area contributed by atoms with Crippen LogP contribution < -0.4 is 21.7 Å². The first-order valence-electron chi connectivity index (χ1n) is 12.3. The SMILES string of the molecule is CN(C)c1ccc([C@@H](C(=O)NCc2ccccc2)N(Cc2ccc(F)cc2)C(=O)c2snc(C(N)=O)c2N)cc1. The van der Waals surface area contributed by atoms with Crippen molar-refractivity contribution in [2.75, 3.05) is 24.7 Å². The fraction of sp³-hybridized carbons (Fsp3) is 0.172. The molecule has 206 valence electrons. The topological polar surface area (TPSA) is 135 Å². The minimum absolute atomic E-state index is 0.0262. The molecule has 1 atom stereocenters. The molecule has 1 heterocycles. The Hall–Kier alpha value is -4.77. The monoisotopic (exact) mass is 560 g/mol. The van der Waals surface area contributed by atoms with Gasteiger partial charge in [0.1, 0.15) is 16.7 Å². The van der Waals surface area contributed by atoms with Crippen LogP contribution in [0.5, 0.6) is 0 Å². The number of aromatic nitrogens is 1. The van der Waals surface area contributed by atoms with Crippen molar-refractivity contribution in [3.8, 4) is 0 Å². The molecule has 0 fully saturated rings. The summed E-state index contributed by atoms with van der Waals surface area (Å²) in [5, 5.41) is 2.93. The Morgan fingerprint density at radius 1 is 0.950 bits per heavy atom. The maximum Gasteiger partial charge on any atom is 0.270 e. The van der Waals surface area contributed by atoms with Gasteiger partial charge in [-0.3, -0.25) is 14.4 Å². The molecular formula is C29H29FN6O3S. The highest BCUT2D eigenvalue weighted by atomic mass is 32.1. The molecule has 4 aromatic rings. The summed E-state index contributed by atoms with van der Waals surface area (Å²) in [5.41, 5.74) is 14.0. The third kappa shape index (κ3) is 6.44. The first-order chi connectivity index (χ1) is 19.2. The average molecular weight is 561 g/mol. The Balaban J connectivity index is 1.79. The lowest BCUT2D eigenvalue weighted by Crippen LogP contribution is -2.43. The zero-order valence-electron chi connectivity index (χ0n) is 22.0. The molecule has 0 saturated carbocycles. The van der Waals surface area contributed by atoms with Crippen molar-refractivity contribution in [2.45, 2.75) is 19.1 Å². The zero-order chi connectivity index (χ0) is 28.8. The number of benzene rings is 3. The second-order valence-electron chi connectivity index (χ2n) is 9.29. The molecule has 11 heteroatoms. The van der Waals surface area contributed by atoms with Crippen LogP contribution in [0.2, 0.25) is 0 Å². The summed E-state index contributed by atoms with van der Waals surface area (Å²) >= 11 is 0.729. The fourth-order valence-corrected chi connectivity index (χ4v) is 4.90. The molecule has 5 N–H and O–H groups in total. The Morgan fingerprint density at radius 2 is 1.60 bits per heavy atom. The van der Waals surface area contributed by atoms with Gasteiger partial charge in [0, 0.05) is 32.9 Å². The third-order valence-corrected chi connectivity index (χ3v) is 7.13. The second-order valence-corrected chi connectivity index (χ2v) is 10.1. The third-order valence-electron chi connectivity index (χ3n) is 6.28. The number of hydrogen-bond donors (Lipinski definition) is 3. The maximum absolute atomic E-state index is 14.0. The highest BCUT2D eigenvalue weighted by Gasteiger charge is 2.35. The van der Waals surface area contributed by atoms with Crippen molar-refractivity contribution in [1.29, 1.82) is 0 Å². The maximum atomic E-state index is 14.0.